The van der Waals surface area contributed by atoms with Gasteiger partial charge in [0, 0.05) is 30.9 Å². The van der Waals surface area contributed by atoms with Gasteiger partial charge in [-0.15, -0.1) is 0 Å². The lowest BCUT2D eigenvalue weighted by molar-refractivity contribution is 0.0970. The number of hydrogen-bond donors (Lipinski definition) is 0. The van der Waals surface area contributed by atoms with E-state index in [0.717, 1.165) is 4.57 Å². The number of carbonyl (C=O) groups is 1. The molecule has 0 atom stereocenters. The molecular formula is C17H20N2O4S. The molecule has 1 aromatic heterocycles. The van der Waals surface area contributed by atoms with Gasteiger partial charge in [0.25, 0.3) is 5.56 Å². The minimum Gasteiger partial charge on any atom is -0.306 e. The van der Waals surface area contributed by atoms with Crippen molar-refractivity contribution in [3.8, 4) is 0 Å². The summed E-state index contributed by atoms with van der Waals surface area (Å²) in [5, 5.41) is 0. The van der Waals surface area contributed by atoms with Crippen molar-refractivity contribution in [2.45, 2.75) is 25.3 Å². The zero-order chi connectivity index (χ0) is 17.7. The quantitative estimate of drug-likeness (QED) is 0.715. The van der Waals surface area contributed by atoms with E-state index in [9.17, 15) is 18.0 Å². The third kappa shape index (κ3) is 3.80. The van der Waals surface area contributed by atoms with E-state index in [1.165, 1.54) is 22.6 Å². The molecule has 24 heavy (non-hydrogen) atoms. The highest BCUT2D eigenvalue weighted by Gasteiger charge is 2.22. The van der Waals surface area contributed by atoms with Crippen LogP contribution in [0.4, 0.5) is 0 Å². The van der Waals surface area contributed by atoms with Gasteiger partial charge in [0.1, 0.15) is 0 Å². The summed E-state index contributed by atoms with van der Waals surface area (Å²) in [4.78, 5) is 24.2. The third-order valence-corrected chi connectivity index (χ3v) is 5.74. The summed E-state index contributed by atoms with van der Waals surface area (Å²) in [6.45, 7) is 3.96. The normalized spacial score (nSPS) is 11.6. The molecule has 0 amide bonds. The van der Waals surface area contributed by atoms with Crippen molar-refractivity contribution in [1.82, 2.24) is 8.87 Å². The first-order valence-corrected chi connectivity index (χ1v) is 9.13. The van der Waals surface area contributed by atoms with Crippen LogP contribution in [0.2, 0.25) is 0 Å². The van der Waals surface area contributed by atoms with Crippen molar-refractivity contribution in [2.75, 3.05) is 13.1 Å². The van der Waals surface area contributed by atoms with Crippen LogP contribution in [0.3, 0.4) is 0 Å². The van der Waals surface area contributed by atoms with E-state index >= 15 is 0 Å². The minimum absolute atomic E-state index is 0.00617. The van der Waals surface area contributed by atoms with Crippen molar-refractivity contribution in [2.24, 2.45) is 0 Å². The highest BCUT2D eigenvalue weighted by molar-refractivity contribution is 7.89. The van der Waals surface area contributed by atoms with Crippen molar-refractivity contribution in [1.29, 1.82) is 0 Å². The molecule has 1 heterocycles. The van der Waals surface area contributed by atoms with Crippen LogP contribution >= 0.6 is 0 Å². The fourth-order valence-electron chi connectivity index (χ4n) is 2.37. The minimum atomic E-state index is -3.68. The second-order valence-corrected chi connectivity index (χ2v) is 7.15. The van der Waals surface area contributed by atoms with E-state index in [2.05, 4.69) is 0 Å². The Kier molecular flexibility index (Phi) is 5.69. The first-order valence-electron chi connectivity index (χ1n) is 7.69. The van der Waals surface area contributed by atoms with Crippen LogP contribution in [-0.4, -0.2) is 36.2 Å². The Hall–Kier alpha value is -2.25. The number of carbonyl (C=O) groups excluding carboxylic acids is 1. The summed E-state index contributed by atoms with van der Waals surface area (Å²) in [6, 6.07) is 11.0. The van der Waals surface area contributed by atoms with Gasteiger partial charge in [0.05, 0.1) is 11.4 Å². The lowest BCUT2D eigenvalue weighted by atomic mass is 10.1. The van der Waals surface area contributed by atoms with Crippen molar-refractivity contribution in [3.63, 3.8) is 0 Å². The highest BCUT2D eigenvalue weighted by atomic mass is 32.2. The molecule has 0 aliphatic heterocycles. The van der Waals surface area contributed by atoms with Crippen LogP contribution in [0.5, 0.6) is 0 Å². The van der Waals surface area contributed by atoms with Crippen LogP contribution < -0.4 is 5.56 Å². The van der Waals surface area contributed by atoms with E-state index in [-0.39, 0.29) is 17.2 Å². The molecule has 6 nitrogen and oxygen atoms in total. The summed E-state index contributed by atoms with van der Waals surface area (Å²) in [7, 11) is -3.68. The topological polar surface area (TPSA) is 76.5 Å². The summed E-state index contributed by atoms with van der Waals surface area (Å²) in [5.41, 5.74) is 0.0548. The van der Waals surface area contributed by atoms with Gasteiger partial charge in [-0.1, -0.05) is 44.2 Å². The smallest absolute Gasteiger partial charge is 0.251 e. The molecule has 0 aliphatic rings. The lowest BCUT2D eigenvalue weighted by Gasteiger charge is -2.18. The van der Waals surface area contributed by atoms with Crippen LogP contribution in [0.15, 0.2) is 58.4 Å². The average molecular weight is 348 g/mol. The third-order valence-electron chi connectivity index (χ3n) is 3.71. The van der Waals surface area contributed by atoms with Crippen LogP contribution in [0.25, 0.3) is 0 Å². The van der Waals surface area contributed by atoms with E-state index < -0.39 is 15.6 Å². The molecule has 7 heteroatoms. The first kappa shape index (κ1) is 18.1. The fraction of sp³-hybridized carbons (Fsp3) is 0.294. The summed E-state index contributed by atoms with van der Waals surface area (Å²) >= 11 is 0. The molecule has 0 unspecified atom stereocenters. The highest BCUT2D eigenvalue weighted by Crippen LogP contribution is 2.14. The van der Waals surface area contributed by atoms with Gasteiger partial charge in [-0.3, -0.25) is 9.59 Å². The molecule has 128 valence electrons. The zero-order valence-corrected chi connectivity index (χ0v) is 14.5. The van der Waals surface area contributed by atoms with Crippen molar-refractivity contribution in [3.05, 3.63) is 64.6 Å². The maximum Gasteiger partial charge on any atom is 0.251 e. The Bertz CT molecular complexity index is 869. The van der Waals surface area contributed by atoms with E-state index in [1.807, 2.05) is 0 Å². The van der Waals surface area contributed by atoms with E-state index in [4.69, 9.17) is 0 Å². The summed E-state index contributed by atoms with van der Waals surface area (Å²) in [6.07, 6.45) is 1.23. The van der Waals surface area contributed by atoms with E-state index in [0.29, 0.717) is 18.7 Å². The molecule has 0 bridgehead atoms. The monoisotopic (exact) mass is 348 g/mol. The number of sulfonamides is 1. The van der Waals surface area contributed by atoms with Gasteiger partial charge >= 0.3 is 0 Å². The standard InChI is InChI=1S/C17H20N2O4S/c1-3-19(4-2)24(22,23)15-10-11-17(21)18(12-15)13-16(20)14-8-6-5-7-9-14/h5-12H,3-4,13H2,1-2H3. The number of ketones is 1. The number of benzene rings is 1. The Morgan fingerprint density at radius 1 is 1.04 bits per heavy atom. The van der Waals surface area contributed by atoms with Crippen molar-refractivity contribution >= 4 is 15.8 Å². The largest absolute Gasteiger partial charge is 0.306 e. The fourth-order valence-corrected chi connectivity index (χ4v) is 3.85. The van der Waals surface area contributed by atoms with Gasteiger partial charge in [-0.2, -0.15) is 4.31 Å². The number of nitrogens with zero attached hydrogens (tertiary/aromatic N) is 2. The van der Waals surface area contributed by atoms with Gasteiger partial charge in [0.15, 0.2) is 5.78 Å². The zero-order valence-electron chi connectivity index (χ0n) is 13.7. The maximum atomic E-state index is 12.5. The van der Waals surface area contributed by atoms with Crippen LogP contribution in [-0.2, 0) is 16.6 Å². The Morgan fingerprint density at radius 2 is 1.67 bits per heavy atom. The second kappa shape index (κ2) is 7.55. The van der Waals surface area contributed by atoms with Gasteiger partial charge < -0.3 is 4.57 Å². The number of Topliss-reactive ketones (excluding diaryl/α,β-unsaturated/α-hetero) is 1. The molecule has 2 rings (SSSR count). The summed E-state index contributed by atoms with van der Waals surface area (Å²) in [5.74, 6) is -0.255. The van der Waals surface area contributed by atoms with Crippen molar-refractivity contribution < 1.29 is 13.2 Å². The lowest BCUT2D eigenvalue weighted by Crippen LogP contribution is -2.32. The Balaban J connectivity index is 2.36. The Morgan fingerprint density at radius 3 is 2.25 bits per heavy atom. The molecule has 0 fully saturated rings. The number of aromatic nitrogens is 1. The molecule has 0 N–H and O–H groups in total. The van der Waals surface area contributed by atoms with Gasteiger partial charge in [-0.05, 0) is 6.07 Å². The summed E-state index contributed by atoms with van der Waals surface area (Å²) < 4.78 is 27.5. The number of pyridine rings is 1. The first-order chi connectivity index (χ1) is 11.4. The predicted molar refractivity (Wildman–Crippen MR) is 91.6 cm³/mol. The SMILES string of the molecule is CCN(CC)S(=O)(=O)c1ccc(=O)n(CC(=O)c2ccccc2)c1. The molecule has 2 aromatic rings. The molecular weight excluding hydrogens is 328 g/mol. The number of rotatable bonds is 7. The van der Waals surface area contributed by atoms with Gasteiger partial charge in [-0.25, -0.2) is 8.42 Å². The molecule has 0 spiro atoms. The molecule has 0 saturated heterocycles. The van der Waals surface area contributed by atoms with Crippen LogP contribution in [0.1, 0.15) is 24.2 Å². The Labute approximate surface area is 141 Å². The molecule has 0 aliphatic carbocycles. The second-order valence-electron chi connectivity index (χ2n) is 5.21. The molecule has 1 aromatic carbocycles. The number of hydrogen-bond acceptors (Lipinski definition) is 4. The molecule has 0 saturated carbocycles. The van der Waals surface area contributed by atoms with Gasteiger partial charge in [0.2, 0.25) is 10.0 Å². The average Bonchev–Trinajstić information content (AvgIpc) is 2.58. The molecule has 0 radical (unpaired) electrons. The maximum absolute atomic E-state index is 12.5. The van der Waals surface area contributed by atoms with E-state index in [1.54, 1.807) is 44.2 Å². The predicted octanol–water partition coefficient (Wildman–Crippen LogP) is 1.76. The van der Waals surface area contributed by atoms with Crippen LogP contribution in [0, 0.1) is 0 Å².